The highest BCUT2D eigenvalue weighted by Gasteiger charge is 2.29. The van der Waals surface area contributed by atoms with Crippen molar-refractivity contribution in [3.8, 4) is 16.9 Å². The topological polar surface area (TPSA) is 81.3 Å². The van der Waals surface area contributed by atoms with Crippen molar-refractivity contribution in [1.29, 1.82) is 0 Å². The van der Waals surface area contributed by atoms with Crippen LogP contribution in [0.2, 0.25) is 5.02 Å². The number of carbonyl (C=O) groups excluding carboxylic acids is 1. The minimum atomic E-state index is -0.0881. The molecule has 0 spiro atoms. The largest absolute Gasteiger partial charge is 0.506 e. The average Bonchev–Trinajstić information content (AvgIpc) is 3.60. The number of allylic oxidation sites excluding steroid dienone is 1. The van der Waals surface area contributed by atoms with E-state index in [1.165, 1.54) is 0 Å². The molecule has 224 valence electrons. The lowest BCUT2D eigenvalue weighted by Crippen LogP contribution is -2.25. The molecule has 0 saturated heterocycles. The molecule has 5 rings (SSSR count). The van der Waals surface area contributed by atoms with E-state index < -0.39 is 0 Å². The highest BCUT2D eigenvalue weighted by molar-refractivity contribution is 6.32. The summed E-state index contributed by atoms with van der Waals surface area (Å²) in [4.78, 5) is 13.8. The monoisotopic (exact) mass is 598 g/mol. The number of rotatable bonds is 10. The molecule has 4 aromatic rings. The van der Waals surface area contributed by atoms with Crippen LogP contribution < -0.4 is 10.1 Å². The summed E-state index contributed by atoms with van der Waals surface area (Å²) in [6.07, 6.45) is 3.89. The zero-order chi connectivity index (χ0) is 31.0. The Balaban J connectivity index is 1.41. The maximum Gasteiger partial charge on any atom is 0.248 e. The minimum Gasteiger partial charge on any atom is -0.506 e. The highest BCUT2D eigenvalue weighted by Crippen LogP contribution is 2.42. The first-order chi connectivity index (χ1) is 20.5. The van der Waals surface area contributed by atoms with Gasteiger partial charge >= 0.3 is 0 Å². The van der Waals surface area contributed by atoms with Crippen molar-refractivity contribution in [2.75, 3.05) is 6.61 Å². The molecule has 0 unspecified atom stereocenters. The molecule has 2 N–H and O–H groups in total. The molecule has 0 fully saturated rings. The van der Waals surface area contributed by atoms with Gasteiger partial charge in [0.2, 0.25) is 5.91 Å². The third-order valence-electron chi connectivity index (χ3n) is 8.33. The van der Waals surface area contributed by atoms with Gasteiger partial charge in [0.25, 0.3) is 0 Å². The van der Waals surface area contributed by atoms with Crippen molar-refractivity contribution in [2.45, 2.75) is 53.5 Å². The summed E-state index contributed by atoms with van der Waals surface area (Å²) < 4.78 is 9.82. The summed E-state index contributed by atoms with van der Waals surface area (Å²) >= 11 is 6.33. The van der Waals surface area contributed by atoms with Gasteiger partial charge in [0, 0.05) is 55.1 Å². The molecule has 0 radical (unpaired) electrons. The van der Waals surface area contributed by atoms with E-state index in [2.05, 4.69) is 42.1 Å². The predicted octanol–water partition coefficient (Wildman–Crippen LogP) is 7.33. The number of carbonyl (C=O) groups is 1. The number of aryl methyl sites for hydroxylation is 5. The van der Waals surface area contributed by atoms with Gasteiger partial charge in [-0.1, -0.05) is 36.4 Å². The molecule has 43 heavy (non-hydrogen) atoms. The Bertz CT molecular complexity index is 1750. The molecule has 8 heteroatoms. The maximum atomic E-state index is 13.8. The van der Waals surface area contributed by atoms with E-state index in [9.17, 15) is 9.90 Å². The molecule has 2 aromatic heterocycles. The van der Waals surface area contributed by atoms with Crippen LogP contribution in [0.15, 0.2) is 54.7 Å². The van der Waals surface area contributed by atoms with Crippen molar-refractivity contribution in [2.24, 2.45) is 14.1 Å². The van der Waals surface area contributed by atoms with Gasteiger partial charge in [-0.3, -0.25) is 9.48 Å². The molecule has 2 aromatic carbocycles. The van der Waals surface area contributed by atoms with Gasteiger partial charge in [0.15, 0.2) is 0 Å². The van der Waals surface area contributed by atoms with Gasteiger partial charge in [0.05, 0.1) is 18.0 Å². The van der Waals surface area contributed by atoms with Crippen molar-refractivity contribution >= 4 is 28.8 Å². The quantitative estimate of drug-likeness (QED) is 0.148. The van der Waals surface area contributed by atoms with Gasteiger partial charge < -0.3 is 19.7 Å². The Kier molecular flexibility index (Phi) is 8.56. The van der Waals surface area contributed by atoms with E-state index in [0.29, 0.717) is 31.7 Å². The number of ether oxygens (including phenoxy) is 1. The number of aromatic nitrogens is 3. The summed E-state index contributed by atoms with van der Waals surface area (Å²) in [7, 11) is 3.80. The zero-order valence-electron chi connectivity index (χ0n) is 25.8. The molecule has 1 aliphatic carbocycles. The molecule has 1 aliphatic rings. The van der Waals surface area contributed by atoms with Gasteiger partial charge in [-0.2, -0.15) is 5.10 Å². The number of halogens is 1. The second-order valence-electron chi connectivity index (χ2n) is 11.4. The lowest BCUT2D eigenvalue weighted by Gasteiger charge is -2.13. The first-order valence-corrected chi connectivity index (χ1v) is 14.9. The third-order valence-corrected chi connectivity index (χ3v) is 8.93. The van der Waals surface area contributed by atoms with E-state index in [-0.39, 0.29) is 11.7 Å². The summed E-state index contributed by atoms with van der Waals surface area (Å²) in [6.45, 7) is 12.6. The summed E-state index contributed by atoms with van der Waals surface area (Å²) in [5.74, 6) is 0.710. The molecular formula is C35H39ClN4O3. The SMILES string of the molecule is C=C(O)c1cc(CNC(=O)C2=C(CCCOc3cc(C)c(Cl)c(C)c3)c3cccc(-c4c(C)nn(C)c4C)c3C2)cn1C. The van der Waals surface area contributed by atoms with Crippen LogP contribution >= 0.6 is 11.6 Å². The van der Waals surface area contributed by atoms with Crippen LogP contribution in [0.25, 0.3) is 22.5 Å². The van der Waals surface area contributed by atoms with E-state index in [1.807, 2.05) is 63.9 Å². The average molecular weight is 599 g/mol. The number of amides is 1. The first-order valence-electron chi connectivity index (χ1n) is 14.5. The molecule has 1 amide bonds. The van der Waals surface area contributed by atoms with Crippen LogP contribution in [0.1, 0.15) is 57.7 Å². The number of aliphatic hydroxyl groups is 1. The van der Waals surface area contributed by atoms with E-state index >= 15 is 0 Å². The Hall–Kier alpha value is -4.23. The molecule has 2 heterocycles. The zero-order valence-corrected chi connectivity index (χ0v) is 26.5. The lowest BCUT2D eigenvalue weighted by molar-refractivity contribution is -0.117. The second-order valence-corrected chi connectivity index (χ2v) is 11.8. The maximum absolute atomic E-state index is 13.8. The van der Waals surface area contributed by atoms with Gasteiger partial charge in [-0.15, -0.1) is 0 Å². The Morgan fingerprint density at radius 3 is 2.44 bits per heavy atom. The van der Waals surface area contributed by atoms with Crippen molar-refractivity contribution in [1.82, 2.24) is 19.7 Å². The van der Waals surface area contributed by atoms with Crippen molar-refractivity contribution in [3.05, 3.63) is 105 Å². The molecule has 0 saturated carbocycles. The Morgan fingerprint density at radius 1 is 1.12 bits per heavy atom. The number of fused-ring (bicyclic) bond motifs is 1. The number of nitrogens with one attached hydrogen (secondary N) is 1. The Morgan fingerprint density at radius 2 is 1.81 bits per heavy atom. The van der Waals surface area contributed by atoms with E-state index in [4.69, 9.17) is 16.3 Å². The number of aliphatic hydroxyl groups excluding tert-OH is 1. The van der Waals surface area contributed by atoms with Crippen LogP contribution in [-0.2, 0) is 31.9 Å². The van der Waals surface area contributed by atoms with Gasteiger partial charge in [-0.25, -0.2) is 0 Å². The fraction of sp³-hybridized carbons (Fsp3) is 0.314. The van der Waals surface area contributed by atoms with Crippen LogP contribution in [0.3, 0.4) is 0 Å². The minimum absolute atomic E-state index is 0.00373. The smallest absolute Gasteiger partial charge is 0.248 e. The predicted molar refractivity (Wildman–Crippen MR) is 173 cm³/mol. The van der Waals surface area contributed by atoms with Crippen LogP contribution in [0, 0.1) is 27.7 Å². The number of hydrogen-bond donors (Lipinski definition) is 2. The molecular weight excluding hydrogens is 560 g/mol. The second kappa shape index (κ2) is 12.2. The fourth-order valence-corrected chi connectivity index (χ4v) is 6.25. The molecule has 0 bridgehead atoms. The Labute approximate surface area is 258 Å². The van der Waals surface area contributed by atoms with Gasteiger partial charge in [-0.05, 0) is 97.7 Å². The lowest BCUT2D eigenvalue weighted by atomic mass is 9.93. The first kappa shape index (κ1) is 30.2. The normalized spacial score (nSPS) is 12.5. The number of nitrogens with zero attached hydrogens (tertiary/aromatic N) is 3. The van der Waals surface area contributed by atoms with Gasteiger partial charge in [0.1, 0.15) is 11.5 Å². The van der Waals surface area contributed by atoms with E-state index in [1.54, 1.807) is 4.57 Å². The number of hydrogen-bond acceptors (Lipinski definition) is 4. The van der Waals surface area contributed by atoms with Crippen LogP contribution in [0.5, 0.6) is 5.75 Å². The van der Waals surface area contributed by atoms with Crippen LogP contribution in [0.4, 0.5) is 0 Å². The fourth-order valence-electron chi connectivity index (χ4n) is 6.14. The molecule has 0 atom stereocenters. The highest BCUT2D eigenvalue weighted by atomic mass is 35.5. The summed E-state index contributed by atoms with van der Waals surface area (Å²) in [5.41, 5.74) is 11.9. The van der Waals surface area contributed by atoms with Crippen molar-refractivity contribution in [3.63, 3.8) is 0 Å². The van der Waals surface area contributed by atoms with Crippen LogP contribution in [-0.4, -0.2) is 32.0 Å². The molecule has 0 aliphatic heterocycles. The summed E-state index contributed by atoms with van der Waals surface area (Å²) in [5, 5.41) is 18.4. The van der Waals surface area contributed by atoms with E-state index in [0.717, 1.165) is 78.7 Å². The standard InChI is InChI=1S/C35H39ClN4O3/c1-20-14-26(15-21(2)34(20)36)43-13-9-12-28-27-10-8-11-29(33-22(3)38-40(7)23(33)4)30(27)17-31(28)35(42)37-18-25-16-32(24(5)41)39(6)19-25/h8,10-11,14-16,19,41H,5,9,12-13,17-18H2,1-4,6-7H3,(H,37,42). The summed E-state index contributed by atoms with van der Waals surface area (Å²) in [6, 6.07) is 12.1. The van der Waals surface area contributed by atoms with Crippen molar-refractivity contribution < 1.29 is 14.6 Å². The molecule has 7 nitrogen and oxygen atoms in total. The number of benzene rings is 2. The third kappa shape index (κ3) is 6.00.